The molecule has 0 saturated heterocycles. The lowest BCUT2D eigenvalue weighted by atomic mass is 10.0. The predicted octanol–water partition coefficient (Wildman–Crippen LogP) is 11.0. The van der Waals surface area contributed by atoms with Crippen molar-refractivity contribution >= 4 is 43.5 Å². The molecule has 0 bridgehead atoms. The highest BCUT2D eigenvalue weighted by atomic mass is 16.5. The van der Waals surface area contributed by atoms with Crippen molar-refractivity contribution in [2.45, 2.75) is 78.4 Å². The first-order valence-corrected chi connectivity index (χ1v) is 21.7. The molecule has 8 aromatic rings. The molecule has 6 aromatic carbocycles. The summed E-state index contributed by atoms with van der Waals surface area (Å²) in [7, 11) is 1.00. The van der Waals surface area contributed by atoms with Crippen LogP contribution < -0.4 is 20.3 Å². The van der Waals surface area contributed by atoms with E-state index in [2.05, 4.69) is 54.3 Å². The zero-order valence-electron chi connectivity index (χ0n) is 37.1. The van der Waals surface area contributed by atoms with Crippen LogP contribution in [0.15, 0.2) is 140 Å². The monoisotopic (exact) mass is 860 g/mol. The Kier molecular flexibility index (Phi) is 16.5. The summed E-state index contributed by atoms with van der Waals surface area (Å²) in [5.74, 6) is 8.66. The molecule has 9 heteroatoms. The minimum absolute atomic E-state index is 0.0236. The molecular weight excluding hydrogens is 805 g/mol. The highest BCUT2D eigenvalue weighted by molar-refractivity contribution is 5.87. The number of ether oxygens (including phenoxy) is 2. The average molecular weight is 861 g/mol. The van der Waals surface area contributed by atoms with E-state index in [0.717, 1.165) is 41.0 Å². The third-order valence-electron chi connectivity index (χ3n) is 10.7. The molecule has 0 radical (unpaired) electrons. The molecule has 0 saturated carbocycles. The molecule has 330 valence electrons. The van der Waals surface area contributed by atoms with E-state index >= 15 is 0 Å². The molecular formula is C55H56O9. The van der Waals surface area contributed by atoms with Crippen molar-refractivity contribution in [3.63, 3.8) is 0 Å². The van der Waals surface area contributed by atoms with Crippen LogP contribution >= 0.6 is 0 Å². The maximum atomic E-state index is 12.8. The Morgan fingerprint density at radius 3 is 1.59 bits per heavy atom. The number of benzene rings is 6. The van der Waals surface area contributed by atoms with Gasteiger partial charge in [-0.3, -0.25) is 9.59 Å². The fourth-order valence-electron chi connectivity index (χ4n) is 7.48. The van der Waals surface area contributed by atoms with E-state index in [-0.39, 0.29) is 35.9 Å². The highest BCUT2D eigenvalue weighted by Gasteiger charge is 2.16. The molecule has 0 amide bonds. The van der Waals surface area contributed by atoms with Crippen molar-refractivity contribution in [2.75, 3.05) is 20.3 Å². The van der Waals surface area contributed by atoms with Crippen LogP contribution in [0.3, 0.4) is 0 Å². The summed E-state index contributed by atoms with van der Waals surface area (Å²) in [6, 6.07) is 39.2. The van der Waals surface area contributed by atoms with E-state index in [1.165, 1.54) is 16.8 Å². The lowest BCUT2D eigenvalue weighted by Crippen LogP contribution is -2.07. The molecule has 0 fully saturated rings. The van der Waals surface area contributed by atoms with Gasteiger partial charge in [-0.2, -0.15) is 0 Å². The molecule has 0 spiro atoms. The Hall–Kier alpha value is -6.70. The summed E-state index contributed by atoms with van der Waals surface area (Å²) >= 11 is 0. The van der Waals surface area contributed by atoms with Gasteiger partial charge in [0.05, 0.1) is 17.4 Å². The summed E-state index contributed by atoms with van der Waals surface area (Å²) in [6.45, 7) is 8.89. The first-order valence-electron chi connectivity index (χ1n) is 21.7. The summed E-state index contributed by atoms with van der Waals surface area (Å²) < 4.78 is 24.4. The molecule has 0 unspecified atom stereocenters. The fraction of sp³-hybridized carbons (Fsp3) is 0.273. The minimum Gasteiger partial charge on any atom is -0.489 e. The third-order valence-corrected chi connectivity index (χ3v) is 10.7. The van der Waals surface area contributed by atoms with Crippen LogP contribution in [0.2, 0.25) is 0 Å². The minimum atomic E-state index is -0.126. The summed E-state index contributed by atoms with van der Waals surface area (Å²) in [6.07, 6.45) is 2.51. The molecule has 64 heavy (non-hydrogen) atoms. The van der Waals surface area contributed by atoms with Crippen molar-refractivity contribution < 1.29 is 33.6 Å². The number of aliphatic hydroxyl groups is 3. The van der Waals surface area contributed by atoms with Gasteiger partial charge in [-0.05, 0) is 69.6 Å². The maximum absolute atomic E-state index is 12.8. The van der Waals surface area contributed by atoms with Crippen molar-refractivity contribution in [3.8, 4) is 23.3 Å². The third kappa shape index (κ3) is 11.5. The largest absolute Gasteiger partial charge is 0.489 e. The van der Waals surface area contributed by atoms with Gasteiger partial charge in [0, 0.05) is 61.8 Å². The Morgan fingerprint density at radius 1 is 0.562 bits per heavy atom. The van der Waals surface area contributed by atoms with Crippen LogP contribution in [-0.2, 0) is 19.6 Å². The molecule has 2 heterocycles. The second-order valence-electron chi connectivity index (χ2n) is 15.9. The Balaban J connectivity index is 0.000000205. The lowest BCUT2D eigenvalue weighted by molar-refractivity contribution is 0.284. The lowest BCUT2D eigenvalue weighted by Gasteiger charge is -2.13. The van der Waals surface area contributed by atoms with E-state index in [1.807, 2.05) is 82.3 Å². The van der Waals surface area contributed by atoms with Crippen molar-refractivity contribution in [3.05, 3.63) is 176 Å². The SMILES string of the molecule is CC(C)c1cc(=O)c2c(C#CCCO)cc(OCc3cccc4ccccc34)cc2o1.CC(C)c1cc(=O)c2c(CCCCO)cc(OCc3cccc4ccccc34)cc2o1.CO. The normalized spacial score (nSPS) is 11.0. The number of hydrogen-bond acceptors (Lipinski definition) is 9. The molecule has 0 aliphatic heterocycles. The zero-order chi connectivity index (χ0) is 45.6. The van der Waals surface area contributed by atoms with Crippen LogP contribution in [-0.4, -0.2) is 35.6 Å². The molecule has 0 atom stereocenters. The van der Waals surface area contributed by atoms with Gasteiger partial charge >= 0.3 is 0 Å². The Morgan fingerprint density at radius 2 is 1.06 bits per heavy atom. The molecule has 8 rings (SSSR count). The van der Waals surface area contributed by atoms with E-state index in [9.17, 15) is 9.59 Å². The number of hydrogen-bond donors (Lipinski definition) is 3. The number of fused-ring (bicyclic) bond motifs is 4. The summed E-state index contributed by atoms with van der Waals surface area (Å²) in [5, 5.41) is 30.9. The second-order valence-corrected chi connectivity index (χ2v) is 15.9. The van der Waals surface area contributed by atoms with Crippen LogP contribution in [0.4, 0.5) is 0 Å². The first kappa shape index (κ1) is 46.8. The number of rotatable bonds is 13. The highest BCUT2D eigenvalue weighted by Crippen LogP contribution is 2.30. The van der Waals surface area contributed by atoms with Gasteiger partial charge in [-0.25, -0.2) is 0 Å². The van der Waals surface area contributed by atoms with Crippen molar-refractivity contribution in [1.82, 2.24) is 0 Å². The first-order chi connectivity index (χ1) is 31.1. The topological polar surface area (TPSA) is 140 Å². The van der Waals surface area contributed by atoms with E-state index in [1.54, 1.807) is 18.2 Å². The Bertz CT molecular complexity index is 3010. The van der Waals surface area contributed by atoms with Gasteiger partial charge in [0.1, 0.15) is 47.4 Å². The predicted molar refractivity (Wildman–Crippen MR) is 256 cm³/mol. The average Bonchev–Trinajstić information content (AvgIpc) is 3.30. The van der Waals surface area contributed by atoms with E-state index < -0.39 is 0 Å². The second kappa shape index (κ2) is 22.6. The summed E-state index contributed by atoms with van der Waals surface area (Å²) in [4.78, 5) is 25.6. The van der Waals surface area contributed by atoms with E-state index in [4.69, 9.17) is 33.6 Å². The van der Waals surface area contributed by atoms with Crippen molar-refractivity contribution in [2.24, 2.45) is 0 Å². The van der Waals surface area contributed by atoms with Crippen LogP contribution in [0.1, 0.15) is 92.6 Å². The number of aliphatic hydroxyl groups excluding tert-OH is 3. The van der Waals surface area contributed by atoms with Gasteiger partial charge in [-0.1, -0.05) is 124 Å². The van der Waals surface area contributed by atoms with Crippen LogP contribution in [0, 0.1) is 11.8 Å². The fourth-order valence-corrected chi connectivity index (χ4v) is 7.48. The number of aryl methyl sites for hydroxylation is 1. The van der Waals surface area contributed by atoms with Gasteiger partial charge in [-0.15, -0.1) is 0 Å². The maximum Gasteiger partial charge on any atom is 0.194 e. The standard InChI is InChI=1S/C27H28O4.C27H24O4.CH4O/c2*1-18(2)25-16-24(29)27-20(9-5-6-13-28)14-22(15-26(27)31-25)30-17-21-11-7-10-19-8-3-4-12-23(19)21;1-2/h3-4,7-8,10-12,14-16,18,28H,5-6,9,13,17H2,1-2H3;3-4,7-8,10-12,14-16,18,28H,6,13,17H2,1-2H3;2H,1H3. The zero-order valence-corrected chi connectivity index (χ0v) is 37.1. The van der Waals surface area contributed by atoms with Gasteiger partial charge in [0.25, 0.3) is 0 Å². The van der Waals surface area contributed by atoms with E-state index in [0.29, 0.717) is 83.0 Å². The quantitative estimate of drug-likeness (QED) is 0.0763. The van der Waals surface area contributed by atoms with Gasteiger partial charge in [0.15, 0.2) is 10.9 Å². The molecule has 3 N–H and O–H groups in total. The molecule has 9 nitrogen and oxygen atoms in total. The molecule has 0 aliphatic carbocycles. The van der Waals surface area contributed by atoms with Crippen molar-refractivity contribution in [1.29, 1.82) is 0 Å². The summed E-state index contributed by atoms with van der Waals surface area (Å²) in [5.41, 5.74) is 4.50. The van der Waals surface area contributed by atoms with Gasteiger partial charge < -0.3 is 33.6 Å². The van der Waals surface area contributed by atoms with Crippen LogP contribution in [0.5, 0.6) is 11.5 Å². The molecule has 0 aliphatic rings. The smallest absolute Gasteiger partial charge is 0.194 e. The Labute approximate surface area is 373 Å². The van der Waals surface area contributed by atoms with Crippen LogP contribution in [0.25, 0.3) is 43.5 Å². The number of unbranched alkanes of at least 4 members (excludes halogenated alkanes) is 1. The molecule has 2 aromatic heterocycles. The van der Waals surface area contributed by atoms with Gasteiger partial charge in [0.2, 0.25) is 0 Å².